The highest BCUT2D eigenvalue weighted by Gasteiger charge is 2.29. The van der Waals surface area contributed by atoms with Crippen LogP contribution in [0.5, 0.6) is 0 Å². The highest BCUT2D eigenvalue weighted by molar-refractivity contribution is 5.85. The Morgan fingerprint density at radius 2 is 1.83 bits per heavy atom. The average molecular weight is 327 g/mol. The molecular weight excluding hydrogens is 298 g/mol. The molecule has 4 heteroatoms. The summed E-state index contributed by atoms with van der Waals surface area (Å²) in [7, 11) is 0. The second-order valence-electron chi connectivity index (χ2n) is 7.46. The lowest BCUT2D eigenvalue weighted by atomic mass is 10.1. The van der Waals surface area contributed by atoms with Crippen LogP contribution in [-0.4, -0.2) is 60.4 Å². The van der Waals surface area contributed by atoms with E-state index in [1.165, 1.54) is 44.6 Å². The number of hydrogen-bond acceptors (Lipinski definition) is 4. The van der Waals surface area contributed by atoms with Gasteiger partial charge >= 0.3 is 0 Å². The lowest BCUT2D eigenvalue weighted by Crippen LogP contribution is -2.40. The molecule has 4 rings (SSSR count). The summed E-state index contributed by atoms with van der Waals surface area (Å²) in [6.45, 7) is 7.97. The smallest absolute Gasteiger partial charge is 0.145 e. The van der Waals surface area contributed by atoms with Crippen LogP contribution in [0, 0.1) is 0 Å². The van der Waals surface area contributed by atoms with E-state index < -0.39 is 0 Å². The van der Waals surface area contributed by atoms with Crippen LogP contribution >= 0.6 is 0 Å². The molecule has 1 saturated heterocycles. The van der Waals surface area contributed by atoms with Crippen molar-refractivity contribution in [3.63, 3.8) is 0 Å². The largest absolute Gasteiger partial charge is 0.391 e. The maximum Gasteiger partial charge on any atom is 0.145 e. The van der Waals surface area contributed by atoms with Crippen LogP contribution in [0.2, 0.25) is 0 Å². The summed E-state index contributed by atoms with van der Waals surface area (Å²) < 4.78 is 0. The van der Waals surface area contributed by atoms with E-state index in [1.807, 2.05) is 0 Å². The fourth-order valence-electron chi connectivity index (χ4n) is 4.41. The first-order chi connectivity index (χ1) is 11.8. The lowest BCUT2D eigenvalue weighted by Gasteiger charge is -2.27. The highest BCUT2D eigenvalue weighted by atomic mass is 16.6. The second kappa shape index (κ2) is 7.24. The van der Waals surface area contributed by atoms with E-state index in [0.717, 1.165) is 25.9 Å². The zero-order valence-corrected chi connectivity index (χ0v) is 14.8. The van der Waals surface area contributed by atoms with Gasteiger partial charge in [0.1, 0.15) is 6.10 Å². The molecule has 3 aliphatic rings. The average Bonchev–Trinajstić information content (AvgIpc) is 3.17. The quantitative estimate of drug-likeness (QED) is 0.851. The first-order valence-electron chi connectivity index (χ1n) is 9.56. The fourth-order valence-corrected chi connectivity index (χ4v) is 4.41. The van der Waals surface area contributed by atoms with Crippen molar-refractivity contribution in [3.8, 4) is 0 Å². The van der Waals surface area contributed by atoms with E-state index in [1.54, 1.807) is 11.1 Å². The molecule has 1 aliphatic carbocycles. The maximum absolute atomic E-state index is 5.60. The Bertz CT molecular complexity index is 575. The first kappa shape index (κ1) is 16.1. The topological polar surface area (TPSA) is 28.1 Å². The standard InChI is InChI=1S/C20H29N3O/c1-2-18-14-20(24-21-18)15-22-8-5-9-23(11-10-22)19-12-16-6-3-4-7-17(16)13-19/h3-4,6-7,19-20H,2,5,8-15H2,1H3. The molecule has 1 aromatic rings. The van der Waals surface area contributed by atoms with Crippen LogP contribution in [0.4, 0.5) is 0 Å². The van der Waals surface area contributed by atoms with E-state index in [0.29, 0.717) is 6.04 Å². The van der Waals surface area contributed by atoms with Crippen molar-refractivity contribution < 1.29 is 4.84 Å². The summed E-state index contributed by atoms with van der Waals surface area (Å²) in [6.07, 6.45) is 6.05. The zero-order chi connectivity index (χ0) is 16.4. The van der Waals surface area contributed by atoms with E-state index in [9.17, 15) is 0 Å². The van der Waals surface area contributed by atoms with Crippen molar-refractivity contribution in [2.24, 2.45) is 5.16 Å². The first-order valence-corrected chi connectivity index (χ1v) is 9.56. The van der Waals surface area contributed by atoms with Crippen LogP contribution in [0.3, 0.4) is 0 Å². The molecule has 0 aromatic heterocycles. The van der Waals surface area contributed by atoms with Gasteiger partial charge in [0.25, 0.3) is 0 Å². The summed E-state index contributed by atoms with van der Waals surface area (Å²) in [5.74, 6) is 0. The normalized spacial score (nSPS) is 26.0. The maximum atomic E-state index is 5.60. The molecule has 0 bridgehead atoms. The molecule has 1 unspecified atom stereocenters. The van der Waals surface area contributed by atoms with Crippen LogP contribution in [0.1, 0.15) is 37.3 Å². The van der Waals surface area contributed by atoms with Gasteiger partial charge in [0.15, 0.2) is 0 Å². The molecule has 1 atom stereocenters. The van der Waals surface area contributed by atoms with Crippen LogP contribution in [0.25, 0.3) is 0 Å². The van der Waals surface area contributed by atoms with Crippen molar-refractivity contribution in [3.05, 3.63) is 35.4 Å². The SMILES string of the molecule is CCC1=NOC(CN2CCCN(C3Cc4ccccc4C3)CC2)C1. The van der Waals surface area contributed by atoms with Gasteiger partial charge in [0, 0.05) is 32.1 Å². The van der Waals surface area contributed by atoms with Gasteiger partial charge in [-0.2, -0.15) is 0 Å². The Labute approximate surface area is 145 Å². The fraction of sp³-hybridized carbons (Fsp3) is 0.650. The monoisotopic (exact) mass is 327 g/mol. The van der Waals surface area contributed by atoms with Crippen LogP contribution in [0.15, 0.2) is 29.4 Å². The molecule has 0 spiro atoms. The zero-order valence-electron chi connectivity index (χ0n) is 14.8. The number of rotatable bonds is 4. The summed E-state index contributed by atoms with van der Waals surface area (Å²) in [5.41, 5.74) is 4.35. The molecule has 4 nitrogen and oxygen atoms in total. The predicted octanol–water partition coefficient (Wildman–Crippen LogP) is 2.72. The molecule has 0 saturated carbocycles. The van der Waals surface area contributed by atoms with Crippen molar-refractivity contribution >= 4 is 5.71 Å². The van der Waals surface area contributed by atoms with Gasteiger partial charge in [-0.3, -0.25) is 9.80 Å². The second-order valence-corrected chi connectivity index (χ2v) is 7.46. The lowest BCUT2D eigenvalue weighted by molar-refractivity contribution is 0.0531. The molecule has 0 N–H and O–H groups in total. The molecule has 1 aromatic carbocycles. The van der Waals surface area contributed by atoms with Gasteiger partial charge in [0.05, 0.1) is 5.71 Å². The van der Waals surface area contributed by atoms with Crippen molar-refractivity contribution in [1.29, 1.82) is 0 Å². The van der Waals surface area contributed by atoms with Gasteiger partial charge in [0.2, 0.25) is 0 Å². The van der Waals surface area contributed by atoms with E-state index in [4.69, 9.17) is 4.84 Å². The van der Waals surface area contributed by atoms with Crippen molar-refractivity contribution in [2.75, 3.05) is 32.7 Å². The molecule has 0 amide bonds. The van der Waals surface area contributed by atoms with Gasteiger partial charge in [-0.15, -0.1) is 0 Å². The molecule has 2 heterocycles. The van der Waals surface area contributed by atoms with Gasteiger partial charge in [-0.1, -0.05) is 36.3 Å². The summed E-state index contributed by atoms with van der Waals surface area (Å²) >= 11 is 0. The summed E-state index contributed by atoms with van der Waals surface area (Å²) in [4.78, 5) is 10.9. The van der Waals surface area contributed by atoms with Gasteiger partial charge in [-0.05, 0) is 49.9 Å². The van der Waals surface area contributed by atoms with E-state index >= 15 is 0 Å². The number of oxime groups is 1. The van der Waals surface area contributed by atoms with E-state index in [-0.39, 0.29) is 6.10 Å². The molecule has 130 valence electrons. The van der Waals surface area contributed by atoms with E-state index in [2.05, 4.69) is 46.1 Å². The Kier molecular flexibility index (Phi) is 4.86. The number of benzene rings is 1. The van der Waals surface area contributed by atoms with Crippen LogP contribution < -0.4 is 0 Å². The number of nitrogens with zero attached hydrogens (tertiary/aromatic N) is 3. The minimum atomic E-state index is 0.280. The Morgan fingerprint density at radius 1 is 1.04 bits per heavy atom. The van der Waals surface area contributed by atoms with Gasteiger partial charge < -0.3 is 4.84 Å². The van der Waals surface area contributed by atoms with Crippen molar-refractivity contribution in [1.82, 2.24) is 9.80 Å². The third-order valence-electron chi connectivity index (χ3n) is 5.83. The third-order valence-corrected chi connectivity index (χ3v) is 5.83. The molecule has 24 heavy (non-hydrogen) atoms. The minimum absolute atomic E-state index is 0.280. The minimum Gasteiger partial charge on any atom is -0.391 e. The van der Waals surface area contributed by atoms with Crippen LogP contribution in [-0.2, 0) is 17.7 Å². The number of hydrogen-bond donors (Lipinski definition) is 0. The summed E-state index contributed by atoms with van der Waals surface area (Å²) in [6, 6.07) is 9.68. The summed E-state index contributed by atoms with van der Waals surface area (Å²) in [5, 5.41) is 4.21. The molecule has 0 radical (unpaired) electrons. The predicted molar refractivity (Wildman–Crippen MR) is 97.5 cm³/mol. The molecular formula is C20H29N3O. The Hall–Kier alpha value is -1.39. The molecule has 2 aliphatic heterocycles. The Balaban J connectivity index is 1.28. The molecule has 1 fully saturated rings. The number of fused-ring (bicyclic) bond motifs is 1. The Morgan fingerprint density at radius 3 is 2.54 bits per heavy atom. The highest BCUT2D eigenvalue weighted by Crippen LogP contribution is 2.26. The third kappa shape index (κ3) is 3.50. The van der Waals surface area contributed by atoms with Crippen molar-refractivity contribution in [2.45, 2.75) is 51.2 Å². The van der Waals surface area contributed by atoms with Gasteiger partial charge in [-0.25, -0.2) is 0 Å².